The Balaban J connectivity index is 1.46. The molecule has 2 N–H and O–H groups in total. The molecule has 29 heavy (non-hydrogen) atoms. The summed E-state index contributed by atoms with van der Waals surface area (Å²) in [4.78, 5) is 14.6. The average Bonchev–Trinajstić information content (AvgIpc) is 3.37. The number of amides is 1. The Morgan fingerprint density at radius 1 is 1.34 bits per heavy atom. The molecule has 0 saturated carbocycles. The van der Waals surface area contributed by atoms with Crippen LogP contribution in [0.1, 0.15) is 34.8 Å². The molecule has 0 radical (unpaired) electrons. The summed E-state index contributed by atoms with van der Waals surface area (Å²) in [6, 6.07) is 2.09. The van der Waals surface area contributed by atoms with Crippen LogP contribution in [0.4, 0.5) is 19.0 Å². The number of rotatable bonds is 5. The lowest BCUT2D eigenvalue weighted by molar-refractivity contribution is -0.174. The maximum Gasteiger partial charge on any atom is 0.410 e. The molecule has 4 rings (SSSR count). The van der Waals surface area contributed by atoms with E-state index in [1.165, 1.54) is 12.3 Å². The van der Waals surface area contributed by atoms with Gasteiger partial charge in [-0.05, 0) is 12.1 Å². The third kappa shape index (κ3) is 4.40. The van der Waals surface area contributed by atoms with Gasteiger partial charge in [0.15, 0.2) is 11.7 Å². The van der Waals surface area contributed by atoms with Crippen molar-refractivity contribution >= 4 is 11.7 Å². The van der Waals surface area contributed by atoms with Crippen LogP contribution in [0.3, 0.4) is 0 Å². The molecule has 11 heteroatoms. The second-order valence-corrected chi connectivity index (χ2v) is 7.07. The maximum atomic E-state index is 13.6. The zero-order valence-corrected chi connectivity index (χ0v) is 15.6. The first-order valence-electron chi connectivity index (χ1n) is 9.46. The van der Waals surface area contributed by atoms with Crippen molar-refractivity contribution in [1.29, 1.82) is 0 Å². The minimum Gasteiger partial charge on any atom is -0.467 e. The van der Waals surface area contributed by atoms with Crippen molar-refractivity contribution in [2.75, 3.05) is 44.7 Å². The summed E-state index contributed by atoms with van der Waals surface area (Å²) in [5.74, 6) is 0.0407. The predicted octanol–water partition coefficient (Wildman–Crippen LogP) is 2.20. The molecule has 158 valence electrons. The molecule has 1 saturated heterocycles. The third-order valence-electron chi connectivity index (χ3n) is 5.13. The molecule has 8 nitrogen and oxygen atoms in total. The molecule has 2 aromatic heterocycles. The highest BCUT2D eigenvalue weighted by molar-refractivity contribution is 5.93. The molecule has 0 aliphatic carbocycles. The van der Waals surface area contributed by atoms with Crippen molar-refractivity contribution in [1.82, 2.24) is 20.0 Å². The molecule has 2 aliphatic heterocycles. The number of nitrogens with one attached hydrogen (secondary N) is 2. The van der Waals surface area contributed by atoms with E-state index in [4.69, 9.17) is 9.15 Å². The van der Waals surface area contributed by atoms with E-state index in [1.54, 1.807) is 12.1 Å². The van der Waals surface area contributed by atoms with Crippen LogP contribution < -0.4 is 10.6 Å². The van der Waals surface area contributed by atoms with Gasteiger partial charge in [-0.25, -0.2) is 4.68 Å². The number of alkyl halides is 3. The highest BCUT2D eigenvalue weighted by atomic mass is 19.4. The van der Waals surface area contributed by atoms with E-state index < -0.39 is 24.2 Å². The average molecular weight is 413 g/mol. The Kier molecular flexibility index (Phi) is 5.50. The first-order valence-corrected chi connectivity index (χ1v) is 9.46. The molecule has 0 unspecified atom stereocenters. The van der Waals surface area contributed by atoms with E-state index in [0.29, 0.717) is 32.1 Å². The number of carbonyl (C=O) groups is 1. The molecule has 0 aromatic carbocycles. The Hall–Kier alpha value is -2.53. The molecular weight excluding hydrogens is 391 g/mol. The van der Waals surface area contributed by atoms with Gasteiger partial charge in [0.2, 0.25) is 0 Å². The quantitative estimate of drug-likeness (QED) is 0.782. The Morgan fingerprint density at radius 2 is 2.14 bits per heavy atom. The van der Waals surface area contributed by atoms with Crippen LogP contribution in [0.2, 0.25) is 0 Å². The lowest BCUT2D eigenvalue weighted by Gasteiger charge is -2.32. The molecule has 0 bridgehead atoms. The van der Waals surface area contributed by atoms with E-state index in [2.05, 4.69) is 20.6 Å². The molecule has 1 fully saturated rings. The highest BCUT2D eigenvalue weighted by Crippen LogP contribution is 2.43. The van der Waals surface area contributed by atoms with Gasteiger partial charge in [0.1, 0.15) is 11.6 Å². The lowest BCUT2D eigenvalue weighted by atomic mass is 10.0. The lowest BCUT2D eigenvalue weighted by Crippen LogP contribution is -2.41. The number of morpholine rings is 1. The number of ether oxygens (including phenoxy) is 1. The van der Waals surface area contributed by atoms with Gasteiger partial charge < -0.3 is 19.8 Å². The van der Waals surface area contributed by atoms with E-state index in [0.717, 1.165) is 17.8 Å². The van der Waals surface area contributed by atoms with Crippen LogP contribution in [0.25, 0.3) is 0 Å². The zero-order chi connectivity index (χ0) is 20.4. The van der Waals surface area contributed by atoms with E-state index in [-0.39, 0.29) is 17.9 Å². The van der Waals surface area contributed by atoms with Gasteiger partial charge in [-0.1, -0.05) is 0 Å². The van der Waals surface area contributed by atoms with Gasteiger partial charge in [-0.15, -0.1) is 0 Å². The fourth-order valence-electron chi connectivity index (χ4n) is 3.60. The normalized spacial score (nSPS) is 22.7. The minimum atomic E-state index is -4.50. The van der Waals surface area contributed by atoms with Gasteiger partial charge in [0.05, 0.1) is 25.5 Å². The Bertz CT molecular complexity index is 830. The molecule has 4 heterocycles. The summed E-state index contributed by atoms with van der Waals surface area (Å²) in [5.41, 5.74) is -0.0520. The number of carbonyl (C=O) groups excluding carboxylic acids is 1. The third-order valence-corrected chi connectivity index (χ3v) is 5.13. The number of anilines is 1. The van der Waals surface area contributed by atoms with Gasteiger partial charge in [0.25, 0.3) is 5.91 Å². The second kappa shape index (κ2) is 8.07. The van der Waals surface area contributed by atoms with Crippen molar-refractivity contribution in [3.63, 3.8) is 0 Å². The Morgan fingerprint density at radius 3 is 2.83 bits per heavy atom. The number of furan rings is 1. The number of hydrogen-bond donors (Lipinski definition) is 2. The minimum absolute atomic E-state index is 0.0520. The van der Waals surface area contributed by atoms with Gasteiger partial charge in [0, 0.05) is 38.7 Å². The summed E-state index contributed by atoms with van der Waals surface area (Å²) in [7, 11) is 0. The monoisotopic (exact) mass is 413 g/mol. The molecule has 2 atom stereocenters. The fourth-order valence-corrected chi connectivity index (χ4v) is 3.60. The Labute approximate surface area is 165 Å². The summed E-state index contributed by atoms with van der Waals surface area (Å²) in [5, 5.41) is 9.65. The fraction of sp³-hybridized carbons (Fsp3) is 0.556. The smallest absolute Gasteiger partial charge is 0.410 e. The largest absolute Gasteiger partial charge is 0.467 e. The van der Waals surface area contributed by atoms with Gasteiger partial charge >= 0.3 is 6.18 Å². The summed E-state index contributed by atoms with van der Waals surface area (Å²) < 4.78 is 52.2. The van der Waals surface area contributed by atoms with Crippen LogP contribution in [0.15, 0.2) is 28.9 Å². The van der Waals surface area contributed by atoms with E-state index in [1.807, 2.05) is 0 Å². The maximum absolute atomic E-state index is 13.6. The zero-order valence-electron chi connectivity index (χ0n) is 15.6. The number of aromatic nitrogens is 2. The number of halogens is 3. The standard InChI is InChI=1S/C18H22F3N5O3/c19-18(20,21)15-10-12(14-2-1-7-29-14)23-16-11-13(24-26(15)16)17(27)22-3-4-25-5-8-28-9-6-25/h1-2,7,11-12,15,23H,3-6,8-10H2,(H,22,27)/t12-,15-/m1/s1. The highest BCUT2D eigenvalue weighted by Gasteiger charge is 2.47. The first kappa shape index (κ1) is 19.8. The summed E-state index contributed by atoms with van der Waals surface area (Å²) >= 11 is 0. The van der Waals surface area contributed by atoms with E-state index >= 15 is 0 Å². The second-order valence-electron chi connectivity index (χ2n) is 7.07. The van der Waals surface area contributed by atoms with Crippen molar-refractivity contribution in [3.05, 3.63) is 35.9 Å². The summed E-state index contributed by atoms with van der Waals surface area (Å²) in [6.07, 6.45) is -3.36. The van der Waals surface area contributed by atoms with Crippen molar-refractivity contribution in [3.8, 4) is 0 Å². The van der Waals surface area contributed by atoms with Crippen LogP contribution >= 0.6 is 0 Å². The van der Waals surface area contributed by atoms with Crippen LogP contribution in [-0.4, -0.2) is 66.2 Å². The number of hydrogen-bond acceptors (Lipinski definition) is 6. The van der Waals surface area contributed by atoms with Crippen LogP contribution in [0, 0.1) is 0 Å². The van der Waals surface area contributed by atoms with Gasteiger partial charge in [-0.2, -0.15) is 18.3 Å². The first-order chi connectivity index (χ1) is 13.9. The topological polar surface area (TPSA) is 84.6 Å². The van der Waals surface area contributed by atoms with Crippen molar-refractivity contribution in [2.45, 2.75) is 24.7 Å². The molecule has 1 amide bonds. The summed E-state index contributed by atoms with van der Waals surface area (Å²) in [6.45, 7) is 3.92. The van der Waals surface area contributed by atoms with E-state index in [9.17, 15) is 18.0 Å². The SMILES string of the molecule is O=C(NCCN1CCOCC1)c1cc2n(n1)[C@@H](C(F)(F)F)C[C@H](c1ccco1)N2. The molecule has 2 aromatic rings. The predicted molar refractivity (Wildman–Crippen MR) is 96.6 cm³/mol. The van der Waals surface area contributed by atoms with Crippen LogP contribution in [0.5, 0.6) is 0 Å². The van der Waals surface area contributed by atoms with Gasteiger partial charge in [-0.3, -0.25) is 9.69 Å². The molecule has 0 spiro atoms. The molecular formula is C18H22F3N5O3. The van der Waals surface area contributed by atoms with Crippen LogP contribution in [-0.2, 0) is 4.74 Å². The number of fused-ring (bicyclic) bond motifs is 1. The van der Waals surface area contributed by atoms with Crippen molar-refractivity contribution < 1.29 is 27.1 Å². The number of nitrogens with zero attached hydrogens (tertiary/aromatic N) is 3. The molecule has 2 aliphatic rings. The van der Waals surface area contributed by atoms with Crippen molar-refractivity contribution in [2.24, 2.45) is 0 Å².